The molecule has 3 aliphatic heterocycles. The van der Waals surface area contributed by atoms with Gasteiger partial charge < -0.3 is 23.5 Å². The maximum Gasteiger partial charge on any atom is 0.311 e. The molecular weight excluding hydrogens is 460 g/mol. The van der Waals surface area contributed by atoms with Crippen molar-refractivity contribution in [1.29, 1.82) is 0 Å². The summed E-state index contributed by atoms with van der Waals surface area (Å²) >= 11 is 0. The van der Waals surface area contributed by atoms with Crippen LogP contribution in [0.3, 0.4) is 0 Å². The number of nitrogens with zero attached hydrogens (tertiary/aromatic N) is 4. The molecule has 0 saturated carbocycles. The highest BCUT2D eigenvalue weighted by atomic mass is 16.5. The van der Waals surface area contributed by atoms with Crippen LogP contribution in [0.1, 0.15) is 29.1 Å². The first-order valence-electron chi connectivity index (χ1n) is 12.4. The van der Waals surface area contributed by atoms with E-state index >= 15 is 0 Å². The third-order valence-electron chi connectivity index (χ3n) is 7.41. The van der Waals surface area contributed by atoms with Gasteiger partial charge in [-0.2, -0.15) is 0 Å². The fourth-order valence-electron chi connectivity index (χ4n) is 5.23. The third kappa shape index (κ3) is 4.68. The molecule has 0 radical (unpaired) electrons. The molecule has 0 aliphatic carbocycles. The molecular formula is C27H30N4O5. The second-order valence-corrected chi connectivity index (χ2v) is 10.00. The van der Waals surface area contributed by atoms with Crippen molar-refractivity contribution in [3.8, 4) is 23.0 Å². The molecule has 3 saturated heterocycles. The van der Waals surface area contributed by atoms with E-state index in [-0.39, 0.29) is 17.9 Å². The van der Waals surface area contributed by atoms with E-state index in [2.05, 4.69) is 27.2 Å². The third-order valence-corrected chi connectivity index (χ3v) is 7.41. The maximum atomic E-state index is 12.7. The number of hydrogen-bond acceptors (Lipinski definition) is 8. The van der Waals surface area contributed by atoms with E-state index in [1.165, 1.54) is 18.4 Å². The molecule has 9 heteroatoms. The maximum absolute atomic E-state index is 12.7. The summed E-state index contributed by atoms with van der Waals surface area (Å²) in [4.78, 5) is 16.9. The zero-order valence-electron chi connectivity index (χ0n) is 20.4. The van der Waals surface area contributed by atoms with E-state index in [1.807, 2.05) is 24.3 Å². The highest BCUT2D eigenvalue weighted by molar-refractivity contribution is 5.90. The van der Waals surface area contributed by atoms with Gasteiger partial charge in [0.05, 0.1) is 26.8 Å². The molecule has 2 aromatic carbocycles. The van der Waals surface area contributed by atoms with Crippen LogP contribution in [0.25, 0.3) is 11.5 Å². The summed E-state index contributed by atoms with van der Waals surface area (Å²) in [6, 6.07) is 15.5. The van der Waals surface area contributed by atoms with E-state index in [1.54, 1.807) is 24.1 Å². The van der Waals surface area contributed by atoms with Crippen molar-refractivity contribution in [2.45, 2.75) is 25.5 Å². The van der Waals surface area contributed by atoms with Gasteiger partial charge in [-0.15, -0.1) is 10.2 Å². The Kier molecular flexibility index (Phi) is 6.10. The van der Waals surface area contributed by atoms with Crippen molar-refractivity contribution in [1.82, 2.24) is 20.0 Å². The molecule has 36 heavy (non-hydrogen) atoms. The Balaban J connectivity index is 0.976. The number of aromatic nitrogens is 2. The lowest BCUT2D eigenvalue weighted by Gasteiger charge is -2.38. The van der Waals surface area contributed by atoms with E-state index in [0.717, 1.165) is 49.9 Å². The highest BCUT2D eigenvalue weighted by Gasteiger charge is 2.41. The number of hydrogen-bond donors (Lipinski definition) is 0. The zero-order chi connectivity index (χ0) is 24.5. The molecule has 1 atom stereocenters. The molecule has 1 spiro atoms. The van der Waals surface area contributed by atoms with E-state index in [4.69, 9.17) is 18.6 Å². The normalized spacial score (nSPS) is 22.2. The van der Waals surface area contributed by atoms with Crippen LogP contribution in [-0.4, -0.2) is 78.5 Å². The second-order valence-electron chi connectivity index (χ2n) is 10.00. The predicted molar refractivity (Wildman–Crippen MR) is 131 cm³/mol. The lowest BCUT2D eigenvalue weighted by atomic mass is 9.87. The van der Waals surface area contributed by atoms with Crippen molar-refractivity contribution in [2.24, 2.45) is 5.41 Å². The van der Waals surface area contributed by atoms with Gasteiger partial charge in [-0.05, 0) is 61.3 Å². The van der Waals surface area contributed by atoms with Crippen molar-refractivity contribution in [2.75, 3.05) is 46.5 Å². The number of carbonyl (C=O) groups is 1. The summed E-state index contributed by atoms with van der Waals surface area (Å²) in [5.74, 6) is 1.55. The Bertz CT molecular complexity index is 1200. The number of amides is 1. The second kappa shape index (κ2) is 9.55. The minimum atomic E-state index is -0.284. The summed E-state index contributed by atoms with van der Waals surface area (Å²) in [5, 5.41) is 7.94. The van der Waals surface area contributed by atoms with Crippen LogP contribution < -0.4 is 9.47 Å². The predicted octanol–water partition coefficient (Wildman–Crippen LogP) is 3.26. The van der Waals surface area contributed by atoms with Gasteiger partial charge in [0.1, 0.15) is 17.6 Å². The van der Waals surface area contributed by atoms with Gasteiger partial charge in [0.15, 0.2) is 0 Å². The largest absolute Gasteiger partial charge is 0.497 e. The molecule has 3 fully saturated rings. The minimum Gasteiger partial charge on any atom is -0.497 e. The van der Waals surface area contributed by atoms with E-state index < -0.39 is 0 Å². The first kappa shape index (κ1) is 23.0. The number of carbonyl (C=O) groups excluding carboxylic acids is 1. The van der Waals surface area contributed by atoms with Gasteiger partial charge in [-0.25, -0.2) is 0 Å². The topological polar surface area (TPSA) is 90.2 Å². The van der Waals surface area contributed by atoms with Crippen LogP contribution in [0.4, 0.5) is 0 Å². The lowest BCUT2D eigenvalue weighted by Crippen LogP contribution is -2.56. The van der Waals surface area contributed by atoms with Gasteiger partial charge in [-0.3, -0.25) is 9.69 Å². The number of rotatable bonds is 7. The van der Waals surface area contributed by atoms with Gasteiger partial charge in [0, 0.05) is 30.7 Å². The number of likely N-dealkylation sites (tertiary alicyclic amines) is 2. The molecule has 3 aromatic rings. The zero-order valence-corrected chi connectivity index (χ0v) is 20.4. The molecule has 0 N–H and O–H groups in total. The van der Waals surface area contributed by atoms with Crippen LogP contribution in [0.5, 0.6) is 11.5 Å². The minimum absolute atomic E-state index is 0.0171. The van der Waals surface area contributed by atoms with Crippen molar-refractivity contribution < 1.29 is 23.4 Å². The Morgan fingerprint density at radius 3 is 2.56 bits per heavy atom. The molecule has 188 valence electrons. The first-order chi connectivity index (χ1) is 17.6. The van der Waals surface area contributed by atoms with Gasteiger partial charge >= 0.3 is 11.8 Å². The van der Waals surface area contributed by atoms with Crippen LogP contribution >= 0.6 is 0 Å². The molecule has 1 amide bonds. The lowest BCUT2D eigenvalue weighted by molar-refractivity contribution is 0.0150. The summed E-state index contributed by atoms with van der Waals surface area (Å²) < 4.78 is 22.5. The van der Waals surface area contributed by atoms with Crippen molar-refractivity contribution in [3.63, 3.8) is 0 Å². The first-order valence-corrected chi connectivity index (χ1v) is 12.4. The summed E-state index contributed by atoms with van der Waals surface area (Å²) in [6.45, 7) is 6.00. The molecule has 6 rings (SSSR count). The fraction of sp³-hybridized carbons (Fsp3) is 0.444. The molecule has 4 heterocycles. The number of methoxy groups -OCH3 is 1. The number of ether oxygens (including phenoxy) is 3. The van der Waals surface area contributed by atoms with Crippen molar-refractivity contribution >= 4 is 5.91 Å². The van der Waals surface area contributed by atoms with E-state index in [9.17, 15) is 4.79 Å². The molecule has 9 nitrogen and oxygen atoms in total. The Labute approximate surface area is 209 Å². The molecule has 3 aliphatic rings. The standard InChI is InChI=1S/C27H30N4O5/c1-33-21-8-4-20(5-9-21)24-28-29-25(36-24)26(32)31-15-23(16-31)35-22-6-2-19(3-7-22)14-30-12-10-27(17-30)11-13-34-18-27/h2-9,23H,10-18H2,1H3/t27-/m0/s1. The van der Waals surface area contributed by atoms with E-state index in [0.29, 0.717) is 24.4 Å². The average Bonchev–Trinajstić information content (AvgIpc) is 3.64. The SMILES string of the molecule is COc1ccc(-c2nnc(C(=O)N3CC(Oc4ccc(CN5CC[C@]6(CCOC6)C5)cc4)C3)o2)cc1. The van der Waals surface area contributed by atoms with Crippen LogP contribution in [0.2, 0.25) is 0 Å². The van der Waals surface area contributed by atoms with Gasteiger partial charge in [0.25, 0.3) is 0 Å². The number of benzene rings is 2. The summed E-state index contributed by atoms with van der Waals surface area (Å²) in [5.41, 5.74) is 2.40. The molecule has 0 unspecified atom stereocenters. The highest BCUT2D eigenvalue weighted by Crippen LogP contribution is 2.38. The monoisotopic (exact) mass is 490 g/mol. The molecule has 0 bridgehead atoms. The fourth-order valence-corrected chi connectivity index (χ4v) is 5.23. The van der Waals surface area contributed by atoms with Crippen LogP contribution in [0.15, 0.2) is 52.9 Å². The van der Waals surface area contributed by atoms with Crippen LogP contribution in [0, 0.1) is 5.41 Å². The average molecular weight is 491 g/mol. The Morgan fingerprint density at radius 1 is 1.06 bits per heavy atom. The van der Waals surface area contributed by atoms with Gasteiger partial charge in [0.2, 0.25) is 5.89 Å². The Morgan fingerprint density at radius 2 is 1.83 bits per heavy atom. The Hall–Kier alpha value is -3.43. The van der Waals surface area contributed by atoms with Crippen molar-refractivity contribution in [3.05, 3.63) is 60.0 Å². The van der Waals surface area contributed by atoms with Gasteiger partial charge in [-0.1, -0.05) is 12.1 Å². The quantitative estimate of drug-likeness (QED) is 0.499. The molecule has 1 aromatic heterocycles. The summed E-state index contributed by atoms with van der Waals surface area (Å²) in [6.07, 6.45) is 2.37. The summed E-state index contributed by atoms with van der Waals surface area (Å²) in [7, 11) is 1.60. The van der Waals surface area contributed by atoms with Crippen LogP contribution in [-0.2, 0) is 11.3 Å². The smallest absolute Gasteiger partial charge is 0.311 e.